The lowest BCUT2D eigenvalue weighted by atomic mass is 9.95. The summed E-state index contributed by atoms with van der Waals surface area (Å²) in [5.41, 5.74) is 1.28. The van der Waals surface area contributed by atoms with Crippen molar-refractivity contribution >= 4 is 5.78 Å². The van der Waals surface area contributed by atoms with E-state index in [1.165, 1.54) is 5.57 Å². The Bertz CT molecular complexity index is 181. The predicted molar refractivity (Wildman–Crippen MR) is 62.4 cm³/mol. The Morgan fingerprint density at radius 1 is 1.07 bits per heavy atom. The normalized spacial score (nSPS) is 10.4. The molecule has 0 aliphatic rings. The van der Waals surface area contributed by atoms with Crippen LogP contribution in [0.2, 0.25) is 0 Å². The van der Waals surface area contributed by atoms with Gasteiger partial charge in [0.2, 0.25) is 0 Å². The van der Waals surface area contributed by atoms with Crippen LogP contribution in [0.1, 0.15) is 59.8 Å². The van der Waals surface area contributed by atoms with Crippen LogP contribution in [0.25, 0.3) is 0 Å². The third-order valence-electron chi connectivity index (χ3n) is 2.92. The fourth-order valence-corrected chi connectivity index (χ4v) is 1.60. The van der Waals surface area contributed by atoms with Crippen LogP contribution in [0.3, 0.4) is 0 Å². The Labute approximate surface area is 88.6 Å². The van der Waals surface area contributed by atoms with Crippen LogP contribution in [0.4, 0.5) is 0 Å². The molecule has 0 saturated heterocycles. The van der Waals surface area contributed by atoms with Crippen molar-refractivity contribution in [3.05, 3.63) is 11.6 Å². The molecule has 0 aromatic carbocycles. The van der Waals surface area contributed by atoms with Gasteiger partial charge in [0.05, 0.1) is 0 Å². The molecule has 0 aromatic heterocycles. The summed E-state index contributed by atoms with van der Waals surface area (Å²) in [5.74, 6) is 0.895. The molecule has 1 heteroatoms. The van der Waals surface area contributed by atoms with Crippen molar-refractivity contribution < 1.29 is 4.79 Å². The minimum atomic E-state index is 0.317. The molecule has 0 rings (SSSR count). The standard InChI is InChI=1S/C13H24O/c1-5-11(6-2)9-13(14)10-12(7-3)8-4/h9,12H,5-8,10H2,1-4H3. The number of carbonyl (C=O) groups is 1. The molecule has 14 heavy (non-hydrogen) atoms. The molecule has 0 fully saturated rings. The Morgan fingerprint density at radius 2 is 1.57 bits per heavy atom. The van der Waals surface area contributed by atoms with Gasteiger partial charge < -0.3 is 0 Å². The Hall–Kier alpha value is -0.590. The van der Waals surface area contributed by atoms with Crippen molar-refractivity contribution in [1.82, 2.24) is 0 Å². The fourth-order valence-electron chi connectivity index (χ4n) is 1.60. The van der Waals surface area contributed by atoms with Gasteiger partial charge in [-0.05, 0) is 24.8 Å². The van der Waals surface area contributed by atoms with Crippen molar-refractivity contribution in [2.45, 2.75) is 59.8 Å². The molecule has 0 aliphatic carbocycles. The second kappa shape index (κ2) is 7.78. The number of hydrogen-bond donors (Lipinski definition) is 0. The van der Waals surface area contributed by atoms with Gasteiger partial charge in [0.1, 0.15) is 0 Å². The first-order chi connectivity index (χ1) is 6.67. The average Bonchev–Trinajstić information content (AvgIpc) is 2.22. The van der Waals surface area contributed by atoms with Crippen LogP contribution in [-0.2, 0) is 4.79 Å². The Morgan fingerprint density at radius 3 is 1.93 bits per heavy atom. The zero-order valence-corrected chi connectivity index (χ0v) is 10.1. The van der Waals surface area contributed by atoms with E-state index in [2.05, 4.69) is 27.7 Å². The Balaban J connectivity index is 4.13. The van der Waals surface area contributed by atoms with E-state index in [0.717, 1.165) is 32.1 Å². The topological polar surface area (TPSA) is 17.1 Å². The summed E-state index contributed by atoms with van der Waals surface area (Å²) >= 11 is 0. The van der Waals surface area contributed by atoms with Gasteiger partial charge in [-0.1, -0.05) is 46.1 Å². The van der Waals surface area contributed by atoms with Crippen LogP contribution in [0.15, 0.2) is 11.6 Å². The van der Waals surface area contributed by atoms with E-state index in [4.69, 9.17) is 0 Å². The second-order valence-corrected chi connectivity index (χ2v) is 3.86. The highest BCUT2D eigenvalue weighted by molar-refractivity contribution is 5.90. The summed E-state index contributed by atoms with van der Waals surface area (Å²) in [4.78, 5) is 11.6. The molecule has 0 atom stereocenters. The lowest BCUT2D eigenvalue weighted by Gasteiger charge is -2.09. The summed E-state index contributed by atoms with van der Waals surface area (Å²) in [6.45, 7) is 8.54. The molecule has 0 saturated carbocycles. The average molecular weight is 196 g/mol. The summed E-state index contributed by atoms with van der Waals surface area (Å²) in [5, 5.41) is 0. The highest BCUT2D eigenvalue weighted by Crippen LogP contribution is 2.14. The summed E-state index contributed by atoms with van der Waals surface area (Å²) in [7, 11) is 0. The zero-order valence-electron chi connectivity index (χ0n) is 10.1. The summed E-state index contributed by atoms with van der Waals surface area (Å²) < 4.78 is 0. The molecule has 0 unspecified atom stereocenters. The molecule has 0 spiro atoms. The molecule has 82 valence electrons. The van der Waals surface area contributed by atoms with E-state index in [1.54, 1.807) is 0 Å². The quantitative estimate of drug-likeness (QED) is 0.560. The maximum Gasteiger partial charge on any atom is 0.155 e. The highest BCUT2D eigenvalue weighted by atomic mass is 16.1. The molecule has 0 radical (unpaired) electrons. The van der Waals surface area contributed by atoms with E-state index < -0.39 is 0 Å². The van der Waals surface area contributed by atoms with E-state index in [9.17, 15) is 4.79 Å². The minimum Gasteiger partial charge on any atom is -0.295 e. The van der Waals surface area contributed by atoms with Crippen LogP contribution in [-0.4, -0.2) is 5.78 Å². The van der Waals surface area contributed by atoms with Crippen molar-refractivity contribution in [3.8, 4) is 0 Å². The van der Waals surface area contributed by atoms with Gasteiger partial charge in [-0.15, -0.1) is 0 Å². The van der Waals surface area contributed by atoms with Gasteiger partial charge in [-0.3, -0.25) is 4.79 Å². The van der Waals surface area contributed by atoms with Crippen LogP contribution in [0.5, 0.6) is 0 Å². The molecular weight excluding hydrogens is 172 g/mol. The third kappa shape index (κ3) is 5.21. The number of ketones is 1. The predicted octanol–water partition coefficient (Wildman–Crippen LogP) is 4.13. The minimum absolute atomic E-state index is 0.317. The van der Waals surface area contributed by atoms with E-state index in [-0.39, 0.29) is 0 Å². The molecule has 0 heterocycles. The fraction of sp³-hybridized carbons (Fsp3) is 0.769. The van der Waals surface area contributed by atoms with Gasteiger partial charge in [0, 0.05) is 6.42 Å². The molecule has 0 amide bonds. The Kier molecular flexibility index (Phi) is 7.45. The lowest BCUT2D eigenvalue weighted by Crippen LogP contribution is -2.05. The van der Waals surface area contributed by atoms with Crippen molar-refractivity contribution in [1.29, 1.82) is 0 Å². The van der Waals surface area contributed by atoms with Crippen molar-refractivity contribution in [2.24, 2.45) is 5.92 Å². The maximum atomic E-state index is 11.6. The van der Waals surface area contributed by atoms with Crippen LogP contribution in [0, 0.1) is 5.92 Å². The van der Waals surface area contributed by atoms with Gasteiger partial charge in [-0.2, -0.15) is 0 Å². The molecule has 1 nitrogen and oxygen atoms in total. The number of hydrogen-bond acceptors (Lipinski definition) is 1. The molecule has 0 bridgehead atoms. The van der Waals surface area contributed by atoms with Crippen LogP contribution < -0.4 is 0 Å². The lowest BCUT2D eigenvalue weighted by molar-refractivity contribution is -0.115. The number of carbonyl (C=O) groups excluding carboxylic acids is 1. The number of allylic oxidation sites excluding steroid dienone is 2. The summed E-state index contributed by atoms with van der Waals surface area (Å²) in [6, 6.07) is 0. The number of rotatable bonds is 7. The van der Waals surface area contributed by atoms with E-state index in [0.29, 0.717) is 11.7 Å². The highest BCUT2D eigenvalue weighted by Gasteiger charge is 2.08. The van der Waals surface area contributed by atoms with Crippen molar-refractivity contribution in [2.75, 3.05) is 0 Å². The van der Waals surface area contributed by atoms with E-state index in [1.807, 2.05) is 6.08 Å². The first-order valence-corrected chi connectivity index (χ1v) is 5.90. The smallest absolute Gasteiger partial charge is 0.155 e. The monoisotopic (exact) mass is 196 g/mol. The molecule has 0 aromatic rings. The molecule has 0 aliphatic heterocycles. The molecule has 0 N–H and O–H groups in total. The third-order valence-corrected chi connectivity index (χ3v) is 2.92. The first-order valence-electron chi connectivity index (χ1n) is 5.90. The van der Waals surface area contributed by atoms with Crippen molar-refractivity contribution in [3.63, 3.8) is 0 Å². The largest absolute Gasteiger partial charge is 0.295 e. The van der Waals surface area contributed by atoms with E-state index >= 15 is 0 Å². The summed E-state index contributed by atoms with van der Waals surface area (Å²) in [6.07, 6.45) is 6.83. The van der Waals surface area contributed by atoms with Gasteiger partial charge in [-0.25, -0.2) is 0 Å². The first kappa shape index (κ1) is 13.4. The molecular formula is C13H24O. The maximum absolute atomic E-state index is 11.6. The SMILES string of the molecule is CCC(=CC(=O)CC(CC)CC)CC. The second-order valence-electron chi connectivity index (χ2n) is 3.86. The van der Waals surface area contributed by atoms with Gasteiger partial charge in [0.25, 0.3) is 0 Å². The van der Waals surface area contributed by atoms with Gasteiger partial charge in [0.15, 0.2) is 5.78 Å². The van der Waals surface area contributed by atoms with Crippen LogP contribution >= 0.6 is 0 Å². The zero-order chi connectivity index (χ0) is 11.0. The van der Waals surface area contributed by atoms with Gasteiger partial charge >= 0.3 is 0 Å².